The molecule has 142 valence electrons. The van der Waals surface area contributed by atoms with E-state index in [4.69, 9.17) is 4.74 Å². The minimum atomic E-state index is 0.00657. The lowest BCUT2D eigenvalue weighted by Crippen LogP contribution is -2.37. The van der Waals surface area contributed by atoms with Gasteiger partial charge in [0.2, 0.25) is 0 Å². The fourth-order valence-electron chi connectivity index (χ4n) is 3.90. The van der Waals surface area contributed by atoms with Crippen molar-refractivity contribution in [1.82, 2.24) is 19.4 Å². The average molecular weight is 366 g/mol. The Balaban J connectivity index is 1.42. The summed E-state index contributed by atoms with van der Waals surface area (Å²) in [4.78, 5) is 22.3. The molecule has 1 aromatic carbocycles. The third-order valence-electron chi connectivity index (χ3n) is 5.42. The molecule has 3 heterocycles. The molecule has 27 heavy (non-hydrogen) atoms. The number of hydrogen-bond acceptors (Lipinski definition) is 4. The summed E-state index contributed by atoms with van der Waals surface area (Å²) in [6.07, 6.45) is 5.43. The highest BCUT2D eigenvalue weighted by molar-refractivity contribution is 5.72. The first-order chi connectivity index (χ1) is 13.2. The van der Waals surface area contributed by atoms with Crippen molar-refractivity contribution in [2.75, 3.05) is 19.7 Å². The van der Waals surface area contributed by atoms with Gasteiger partial charge in [-0.25, -0.2) is 4.98 Å². The van der Waals surface area contributed by atoms with Crippen LogP contribution in [0.4, 0.5) is 0 Å². The van der Waals surface area contributed by atoms with E-state index in [1.54, 1.807) is 6.33 Å². The summed E-state index contributed by atoms with van der Waals surface area (Å²) in [5.74, 6) is 0.976. The van der Waals surface area contributed by atoms with Gasteiger partial charge in [-0.1, -0.05) is 12.1 Å². The fraction of sp³-hybridized carbons (Fsp3) is 0.429. The molecular formula is C21H26N4O2. The second kappa shape index (κ2) is 7.56. The number of hydrogen-bond donors (Lipinski definition) is 1. The zero-order valence-electron chi connectivity index (χ0n) is 15.9. The Morgan fingerprint density at radius 2 is 2.07 bits per heavy atom. The van der Waals surface area contributed by atoms with E-state index in [0.717, 1.165) is 43.7 Å². The monoisotopic (exact) mass is 366 g/mol. The van der Waals surface area contributed by atoms with Crippen molar-refractivity contribution in [3.63, 3.8) is 0 Å². The maximum absolute atomic E-state index is 12.6. The number of fused-ring (bicyclic) bond motifs is 1. The van der Waals surface area contributed by atoms with E-state index in [1.165, 1.54) is 11.1 Å². The van der Waals surface area contributed by atoms with E-state index in [1.807, 2.05) is 23.8 Å². The summed E-state index contributed by atoms with van der Waals surface area (Å²) in [6.45, 7) is 7.65. The zero-order valence-corrected chi connectivity index (χ0v) is 15.9. The van der Waals surface area contributed by atoms with Gasteiger partial charge in [-0.15, -0.1) is 0 Å². The zero-order chi connectivity index (χ0) is 18.8. The maximum atomic E-state index is 12.6. The van der Waals surface area contributed by atoms with Crippen LogP contribution in [-0.2, 0) is 6.54 Å². The number of aromatic nitrogens is 3. The van der Waals surface area contributed by atoms with Crippen LogP contribution in [0.2, 0.25) is 0 Å². The molecule has 4 rings (SSSR count). The Hall–Kier alpha value is -2.60. The van der Waals surface area contributed by atoms with Crippen molar-refractivity contribution in [3.8, 4) is 5.75 Å². The summed E-state index contributed by atoms with van der Waals surface area (Å²) in [7, 11) is 0. The SMILES string of the molecule is CCOc1cc(CN2CCC(n3ccc4[nH]cnc4c3=O)CC2)ccc1C. The van der Waals surface area contributed by atoms with Crippen molar-refractivity contribution in [1.29, 1.82) is 0 Å². The van der Waals surface area contributed by atoms with Crippen LogP contribution in [0.5, 0.6) is 5.75 Å². The van der Waals surface area contributed by atoms with Gasteiger partial charge in [-0.05, 0) is 49.9 Å². The van der Waals surface area contributed by atoms with Gasteiger partial charge in [0.25, 0.3) is 5.56 Å². The van der Waals surface area contributed by atoms with Gasteiger partial charge in [-0.3, -0.25) is 9.69 Å². The first-order valence-electron chi connectivity index (χ1n) is 9.64. The summed E-state index contributed by atoms with van der Waals surface area (Å²) in [5, 5.41) is 0. The molecule has 1 N–H and O–H groups in total. The Bertz CT molecular complexity index is 983. The van der Waals surface area contributed by atoms with Crippen LogP contribution >= 0.6 is 0 Å². The number of nitrogens with zero attached hydrogens (tertiary/aromatic N) is 3. The molecule has 1 aliphatic rings. The Kier molecular flexibility index (Phi) is 4.99. The largest absolute Gasteiger partial charge is 0.494 e. The molecule has 1 fully saturated rings. The fourth-order valence-corrected chi connectivity index (χ4v) is 3.90. The smallest absolute Gasteiger partial charge is 0.278 e. The van der Waals surface area contributed by atoms with Crippen LogP contribution in [0, 0.1) is 6.92 Å². The van der Waals surface area contributed by atoms with Crippen LogP contribution in [0.3, 0.4) is 0 Å². The molecule has 3 aromatic rings. The number of ether oxygens (including phenoxy) is 1. The lowest BCUT2D eigenvalue weighted by atomic mass is 10.0. The van der Waals surface area contributed by atoms with Gasteiger partial charge in [-0.2, -0.15) is 0 Å². The predicted octanol–water partition coefficient (Wildman–Crippen LogP) is 3.27. The topological polar surface area (TPSA) is 63.1 Å². The molecular weight excluding hydrogens is 340 g/mol. The van der Waals surface area contributed by atoms with Gasteiger partial charge in [0.15, 0.2) is 5.52 Å². The van der Waals surface area contributed by atoms with Gasteiger partial charge < -0.3 is 14.3 Å². The van der Waals surface area contributed by atoms with Crippen molar-refractivity contribution in [3.05, 3.63) is 58.3 Å². The lowest BCUT2D eigenvalue weighted by molar-refractivity contribution is 0.178. The average Bonchev–Trinajstić information content (AvgIpc) is 3.16. The normalized spacial score (nSPS) is 16.1. The number of benzene rings is 1. The number of H-pyrrole nitrogens is 1. The molecule has 0 atom stereocenters. The molecule has 0 spiro atoms. The number of pyridine rings is 1. The van der Waals surface area contributed by atoms with Gasteiger partial charge in [0.05, 0.1) is 18.5 Å². The van der Waals surface area contributed by atoms with Crippen LogP contribution in [-0.4, -0.2) is 39.1 Å². The second-order valence-corrected chi connectivity index (χ2v) is 7.23. The molecule has 6 heteroatoms. The van der Waals surface area contributed by atoms with Crippen molar-refractivity contribution >= 4 is 11.0 Å². The minimum Gasteiger partial charge on any atom is -0.494 e. The number of aryl methyl sites for hydroxylation is 1. The molecule has 0 radical (unpaired) electrons. The number of piperidine rings is 1. The van der Waals surface area contributed by atoms with Crippen LogP contribution in [0.1, 0.15) is 36.9 Å². The Morgan fingerprint density at radius 1 is 1.26 bits per heavy atom. The molecule has 6 nitrogen and oxygen atoms in total. The number of nitrogens with one attached hydrogen (secondary N) is 1. The molecule has 0 amide bonds. The standard InChI is InChI=1S/C21H26N4O2/c1-3-27-19-12-16(5-4-15(19)2)13-24-9-6-17(7-10-24)25-11-8-18-20(21(25)26)23-14-22-18/h4-5,8,11-12,14,17H,3,6-7,9-10,13H2,1-2H3,(H,22,23). The van der Waals surface area contributed by atoms with Crippen LogP contribution in [0.25, 0.3) is 11.0 Å². The van der Waals surface area contributed by atoms with Gasteiger partial charge >= 0.3 is 0 Å². The van der Waals surface area contributed by atoms with E-state index in [9.17, 15) is 4.79 Å². The molecule has 0 saturated carbocycles. The third kappa shape index (κ3) is 3.62. The molecule has 0 bridgehead atoms. The summed E-state index contributed by atoms with van der Waals surface area (Å²) in [6, 6.07) is 8.65. The first-order valence-corrected chi connectivity index (χ1v) is 9.64. The van der Waals surface area contributed by atoms with E-state index in [0.29, 0.717) is 12.1 Å². The summed E-state index contributed by atoms with van der Waals surface area (Å²) < 4.78 is 7.58. The summed E-state index contributed by atoms with van der Waals surface area (Å²) >= 11 is 0. The lowest BCUT2D eigenvalue weighted by Gasteiger charge is -2.33. The third-order valence-corrected chi connectivity index (χ3v) is 5.42. The second-order valence-electron chi connectivity index (χ2n) is 7.23. The van der Waals surface area contributed by atoms with Crippen LogP contribution in [0.15, 0.2) is 41.6 Å². The summed E-state index contributed by atoms with van der Waals surface area (Å²) in [5.41, 5.74) is 3.79. The van der Waals surface area contributed by atoms with E-state index in [-0.39, 0.29) is 11.6 Å². The van der Waals surface area contributed by atoms with Crippen molar-refractivity contribution in [2.45, 2.75) is 39.3 Å². The highest BCUT2D eigenvalue weighted by atomic mass is 16.5. The minimum absolute atomic E-state index is 0.00657. The number of aromatic amines is 1. The molecule has 0 aliphatic carbocycles. The van der Waals surface area contributed by atoms with E-state index in [2.05, 4.69) is 40.0 Å². The molecule has 1 aliphatic heterocycles. The van der Waals surface area contributed by atoms with Crippen LogP contribution < -0.4 is 10.3 Å². The highest BCUT2D eigenvalue weighted by Crippen LogP contribution is 2.25. The van der Waals surface area contributed by atoms with E-state index >= 15 is 0 Å². The number of likely N-dealkylation sites (tertiary alicyclic amines) is 1. The van der Waals surface area contributed by atoms with Gasteiger partial charge in [0.1, 0.15) is 5.75 Å². The van der Waals surface area contributed by atoms with Crippen molar-refractivity contribution in [2.24, 2.45) is 0 Å². The first kappa shape index (κ1) is 17.8. The van der Waals surface area contributed by atoms with Crippen molar-refractivity contribution < 1.29 is 4.74 Å². The Labute approximate surface area is 158 Å². The molecule has 0 unspecified atom stereocenters. The number of rotatable bonds is 5. The predicted molar refractivity (Wildman–Crippen MR) is 106 cm³/mol. The molecule has 2 aromatic heterocycles. The van der Waals surface area contributed by atoms with Gasteiger partial charge in [0, 0.05) is 31.9 Å². The highest BCUT2D eigenvalue weighted by Gasteiger charge is 2.22. The maximum Gasteiger partial charge on any atom is 0.278 e. The quantitative estimate of drug-likeness (QED) is 0.753. The number of imidazole rings is 1. The Morgan fingerprint density at radius 3 is 2.85 bits per heavy atom. The van der Waals surface area contributed by atoms with E-state index < -0.39 is 0 Å². The molecule has 1 saturated heterocycles.